The molecule has 0 aliphatic carbocycles. The molecule has 2 N–H and O–H groups in total. The number of hydrogen-bond acceptors (Lipinski definition) is 7. The average molecular weight is 392 g/mol. The highest BCUT2D eigenvalue weighted by molar-refractivity contribution is 6.03. The van der Waals surface area contributed by atoms with Crippen molar-refractivity contribution in [1.29, 1.82) is 0 Å². The van der Waals surface area contributed by atoms with Gasteiger partial charge in [-0.05, 0) is 48.9 Å². The molecule has 0 bridgehead atoms. The highest BCUT2D eigenvalue weighted by atomic mass is 16.6. The van der Waals surface area contributed by atoms with Crippen molar-refractivity contribution in [3.63, 3.8) is 0 Å². The summed E-state index contributed by atoms with van der Waals surface area (Å²) in [7, 11) is 1.60. The van der Waals surface area contributed by atoms with E-state index in [4.69, 9.17) is 14.2 Å². The summed E-state index contributed by atoms with van der Waals surface area (Å²) >= 11 is 0. The fourth-order valence-corrected chi connectivity index (χ4v) is 2.89. The summed E-state index contributed by atoms with van der Waals surface area (Å²) in [5.41, 5.74) is 2.64. The summed E-state index contributed by atoms with van der Waals surface area (Å²) in [5, 5.41) is 14.0. The van der Waals surface area contributed by atoms with Crippen LogP contribution >= 0.6 is 0 Å². The van der Waals surface area contributed by atoms with Crippen LogP contribution in [0, 0.1) is 6.92 Å². The predicted octanol–water partition coefficient (Wildman–Crippen LogP) is 3.56. The van der Waals surface area contributed by atoms with E-state index in [0.29, 0.717) is 42.0 Å². The van der Waals surface area contributed by atoms with Gasteiger partial charge in [0, 0.05) is 11.8 Å². The number of ether oxygens (including phenoxy) is 3. The highest BCUT2D eigenvalue weighted by Gasteiger charge is 2.14. The van der Waals surface area contributed by atoms with Crippen LogP contribution in [0.1, 0.15) is 16.1 Å². The van der Waals surface area contributed by atoms with Crippen LogP contribution in [0.4, 0.5) is 17.2 Å². The molecule has 2 heterocycles. The van der Waals surface area contributed by atoms with Crippen molar-refractivity contribution in [3.05, 3.63) is 59.8 Å². The van der Waals surface area contributed by atoms with E-state index < -0.39 is 0 Å². The molecule has 29 heavy (non-hydrogen) atoms. The minimum absolute atomic E-state index is 0.196. The molecule has 8 heteroatoms. The summed E-state index contributed by atoms with van der Waals surface area (Å²) in [6.45, 7) is 2.99. The van der Waals surface area contributed by atoms with Crippen LogP contribution in [0.15, 0.2) is 48.5 Å². The Balaban J connectivity index is 1.45. The number of rotatable bonds is 5. The normalized spacial score (nSPS) is 12.2. The van der Waals surface area contributed by atoms with Gasteiger partial charge in [0.1, 0.15) is 19.0 Å². The van der Waals surface area contributed by atoms with Gasteiger partial charge in [-0.25, -0.2) is 0 Å². The van der Waals surface area contributed by atoms with Crippen molar-refractivity contribution in [2.75, 3.05) is 31.0 Å². The smallest absolute Gasteiger partial charge is 0.276 e. The monoisotopic (exact) mass is 392 g/mol. The van der Waals surface area contributed by atoms with Crippen LogP contribution in [0.5, 0.6) is 17.2 Å². The van der Waals surface area contributed by atoms with Crippen LogP contribution in [0.3, 0.4) is 0 Å². The standard InChI is InChI=1S/C21H20N4O4/c1-13-3-6-17(27-2)16(11-13)23-20-8-5-15(24-25-20)21(26)22-14-4-7-18-19(12-14)29-10-9-28-18/h3-8,11-12H,9-10H2,1-2H3,(H,22,26)(H,23,25). The SMILES string of the molecule is COc1ccc(C)cc1Nc1ccc(C(=O)Nc2ccc3c(c2)OCCO3)nn1. The fraction of sp³-hybridized carbons (Fsp3) is 0.190. The average Bonchev–Trinajstić information content (AvgIpc) is 2.74. The summed E-state index contributed by atoms with van der Waals surface area (Å²) in [4.78, 5) is 12.5. The fourth-order valence-electron chi connectivity index (χ4n) is 2.89. The number of fused-ring (bicyclic) bond motifs is 1. The molecule has 1 amide bonds. The van der Waals surface area contributed by atoms with E-state index in [-0.39, 0.29) is 11.6 Å². The van der Waals surface area contributed by atoms with Gasteiger partial charge in [0.15, 0.2) is 23.0 Å². The Morgan fingerprint density at radius 3 is 2.59 bits per heavy atom. The molecule has 148 valence electrons. The van der Waals surface area contributed by atoms with Crippen molar-refractivity contribution in [3.8, 4) is 17.2 Å². The van der Waals surface area contributed by atoms with Crippen LogP contribution in [0.25, 0.3) is 0 Å². The van der Waals surface area contributed by atoms with E-state index in [1.165, 1.54) is 0 Å². The molecule has 1 aliphatic rings. The van der Waals surface area contributed by atoms with Gasteiger partial charge in [-0.3, -0.25) is 4.79 Å². The van der Waals surface area contributed by atoms with Crippen LogP contribution in [0.2, 0.25) is 0 Å². The number of aromatic nitrogens is 2. The number of nitrogens with one attached hydrogen (secondary N) is 2. The molecule has 4 rings (SSSR count). The Kier molecular flexibility index (Phi) is 5.15. The topological polar surface area (TPSA) is 94.6 Å². The number of carbonyl (C=O) groups excluding carboxylic acids is 1. The quantitative estimate of drug-likeness (QED) is 0.685. The second kappa shape index (κ2) is 8.05. The van der Waals surface area contributed by atoms with Crippen LogP contribution in [-0.2, 0) is 0 Å². The molecule has 0 unspecified atom stereocenters. The summed E-state index contributed by atoms with van der Waals surface area (Å²) < 4.78 is 16.4. The van der Waals surface area contributed by atoms with Gasteiger partial charge < -0.3 is 24.8 Å². The minimum atomic E-state index is -0.367. The number of hydrogen-bond donors (Lipinski definition) is 2. The van der Waals surface area contributed by atoms with Crippen molar-refractivity contribution >= 4 is 23.1 Å². The number of nitrogens with zero attached hydrogens (tertiary/aromatic N) is 2. The maximum atomic E-state index is 12.5. The lowest BCUT2D eigenvalue weighted by Gasteiger charge is -2.18. The molecule has 0 fully saturated rings. The van der Waals surface area contributed by atoms with E-state index in [9.17, 15) is 4.79 Å². The maximum Gasteiger partial charge on any atom is 0.276 e. The highest BCUT2D eigenvalue weighted by Crippen LogP contribution is 2.32. The second-order valence-electron chi connectivity index (χ2n) is 6.45. The lowest BCUT2D eigenvalue weighted by atomic mass is 10.2. The number of benzene rings is 2. The van der Waals surface area contributed by atoms with E-state index >= 15 is 0 Å². The number of aryl methyl sites for hydroxylation is 1. The van der Waals surface area contributed by atoms with Gasteiger partial charge in [-0.1, -0.05) is 6.07 Å². The lowest BCUT2D eigenvalue weighted by Crippen LogP contribution is -2.17. The zero-order chi connectivity index (χ0) is 20.2. The molecule has 0 saturated heterocycles. The molecule has 3 aromatic rings. The number of amides is 1. The van der Waals surface area contributed by atoms with Gasteiger partial charge in [-0.15, -0.1) is 10.2 Å². The Bertz CT molecular complexity index is 1040. The van der Waals surface area contributed by atoms with Crippen LogP contribution < -0.4 is 24.8 Å². The van der Waals surface area contributed by atoms with Crippen molar-refractivity contribution in [2.24, 2.45) is 0 Å². The summed E-state index contributed by atoms with van der Waals surface area (Å²) in [6.07, 6.45) is 0. The number of methoxy groups -OCH3 is 1. The third kappa shape index (κ3) is 4.21. The number of carbonyl (C=O) groups is 1. The molecule has 0 saturated carbocycles. The molecular weight excluding hydrogens is 372 g/mol. The Labute approximate surface area is 167 Å². The van der Waals surface area contributed by atoms with Gasteiger partial charge in [-0.2, -0.15) is 0 Å². The van der Waals surface area contributed by atoms with Gasteiger partial charge in [0.2, 0.25) is 0 Å². The van der Waals surface area contributed by atoms with Crippen molar-refractivity contribution in [1.82, 2.24) is 10.2 Å². The Morgan fingerprint density at radius 1 is 1.00 bits per heavy atom. The van der Waals surface area contributed by atoms with Crippen molar-refractivity contribution in [2.45, 2.75) is 6.92 Å². The Morgan fingerprint density at radius 2 is 1.83 bits per heavy atom. The first-order valence-electron chi connectivity index (χ1n) is 9.09. The molecule has 1 aliphatic heterocycles. The van der Waals surface area contributed by atoms with E-state index in [1.54, 1.807) is 37.4 Å². The summed E-state index contributed by atoms with van der Waals surface area (Å²) in [5.74, 6) is 2.10. The zero-order valence-corrected chi connectivity index (χ0v) is 16.1. The van der Waals surface area contributed by atoms with Gasteiger partial charge in [0.05, 0.1) is 12.8 Å². The van der Waals surface area contributed by atoms with E-state index in [0.717, 1.165) is 11.3 Å². The maximum absolute atomic E-state index is 12.5. The molecule has 0 radical (unpaired) electrons. The molecule has 8 nitrogen and oxygen atoms in total. The molecule has 0 spiro atoms. The largest absolute Gasteiger partial charge is 0.495 e. The summed E-state index contributed by atoms with van der Waals surface area (Å²) in [6, 6.07) is 14.3. The molecule has 1 aromatic heterocycles. The first-order valence-corrected chi connectivity index (χ1v) is 9.09. The molecule has 2 aromatic carbocycles. The third-order valence-electron chi connectivity index (χ3n) is 4.31. The van der Waals surface area contributed by atoms with Gasteiger partial charge in [0.25, 0.3) is 5.91 Å². The second-order valence-corrected chi connectivity index (χ2v) is 6.45. The molecular formula is C21H20N4O4. The molecule has 0 atom stereocenters. The predicted molar refractivity (Wildman–Crippen MR) is 108 cm³/mol. The number of anilines is 3. The zero-order valence-electron chi connectivity index (χ0n) is 16.1. The first-order chi connectivity index (χ1) is 14.1. The third-order valence-corrected chi connectivity index (χ3v) is 4.31. The van der Waals surface area contributed by atoms with Crippen molar-refractivity contribution < 1.29 is 19.0 Å². The van der Waals surface area contributed by atoms with Crippen LogP contribution in [-0.4, -0.2) is 36.4 Å². The first kappa shape index (κ1) is 18.5. The Hall–Kier alpha value is -3.81. The lowest BCUT2D eigenvalue weighted by molar-refractivity contribution is 0.102. The van der Waals surface area contributed by atoms with Gasteiger partial charge >= 0.3 is 0 Å². The van der Waals surface area contributed by atoms with E-state index in [2.05, 4.69) is 20.8 Å². The minimum Gasteiger partial charge on any atom is -0.495 e. The van der Waals surface area contributed by atoms with E-state index in [1.807, 2.05) is 25.1 Å².